The molecule has 1 aliphatic carbocycles. The summed E-state index contributed by atoms with van der Waals surface area (Å²) >= 11 is 0. The van der Waals surface area contributed by atoms with E-state index in [0.29, 0.717) is 0 Å². The first kappa shape index (κ1) is 34.6. The van der Waals surface area contributed by atoms with E-state index in [-0.39, 0.29) is 6.04 Å². The van der Waals surface area contributed by atoms with Crippen molar-refractivity contribution >= 4 is 66.8 Å². The maximum absolute atomic E-state index is 2.53. The average molecular weight is 753 g/mol. The Labute approximate surface area is 345 Å². The molecule has 10 aromatic rings. The highest BCUT2D eigenvalue weighted by Gasteiger charge is 2.29. The molecule has 0 N–H and O–H groups in total. The van der Waals surface area contributed by atoms with E-state index in [4.69, 9.17) is 0 Å². The van der Waals surface area contributed by atoms with Gasteiger partial charge in [0.25, 0.3) is 0 Å². The van der Waals surface area contributed by atoms with E-state index in [0.717, 1.165) is 28.4 Å². The molecule has 1 atom stereocenters. The molecule has 0 aromatic heterocycles. The Balaban J connectivity index is 1.15. The second kappa shape index (κ2) is 14.7. The molecule has 0 saturated heterocycles. The van der Waals surface area contributed by atoms with Crippen molar-refractivity contribution in [1.82, 2.24) is 0 Å². The summed E-state index contributed by atoms with van der Waals surface area (Å²) in [6.07, 6.45) is 4.77. The second-order valence-corrected chi connectivity index (χ2v) is 15.2. The van der Waals surface area contributed by atoms with Gasteiger partial charge >= 0.3 is 0 Å². The molecule has 0 saturated carbocycles. The highest BCUT2D eigenvalue weighted by Crippen LogP contribution is 2.49. The summed E-state index contributed by atoms with van der Waals surface area (Å²) in [7, 11) is 0. The molecule has 0 radical (unpaired) electrons. The molecule has 0 aliphatic heterocycles. The molecule has 0 spiro atoms. The third kappa shape index (κ3) is 5.97. The number of rotatable bonds is 8. The van der Waals surface area contributed by atoms with Crippen molar-refractivity contribution < 1.29 is 0 Å². The van der Waals surface area contributed by atoms with Crippen molar-refractivity contribution in [3.63, 3.8) is 0 Å². The van der Waals surface area contributed by atoms with Crippen LogP contribution in [0.2, 0.25) is 0 Å². The molecule has 0 amide bonds. The Morgan fingerprint density at radius 2 is 0.864 bits per heavy atom. The van der Waals surface area contributed by atoms with Crippen molar-refractivity contribution in [2.75, 3.05) is 9.80 Å². The van der Waals surface area contributed by atoms with Gasteiger partial charge in [-0.15, -0.1) is 0 Å². The number of benzene rings is 10. The van der Waals surface area contributed by atoms with Gasteiger partial charge in [-0.05, 0) is 115 Å². The lowest BCUT2D eigenvalue weighted by molar-refractivity contribution is 0.859. The van der Waals surface area contributed by atoms with Crippen LogP contribution < -0.4 is 9.80 Å². The highest BCUT2D eigenvalue weighted by atomic mass is 15.2. The van der Waals surface area contributed by atoms with Gasteiger partial charge in [0.15, 0.2) is 0 Å². The minimum Gasteiger partial charge on any atom is -0.330 e. The first-order chi connectivity index (χ1) is 29.3. The zero-order chi connectivity index (χ0) is 39.1. The molecule has 278 valence electrons. The Morgan fingerprint density at radius 1 is 0.356 bits per heavy atom. The summed E-state index contributed by atoms with van der Waals surface area (Å²) in [4.78, 5) is 4.91. The van der Waals surface area contributed by atoms with Crippen LogP contribution in [0, 0.1) is 0 Å². The van der Waals surface area contributed by atoms with Gasteiger partial charge in [0.1, 0.15) is 0 Å². The van der Waals surface area contributed by atoms with Gasteiger partial charge in [-0.3, -0.25) is 0 Å². The molecular formula is C57H40N2. The van der Waals surface area contributed by atoms with Crippen LogP contribution in [-0.2, 0) is 0 Å². The fourth-order valence-corrected chi connectivity index (χ4v) is 9.34. The van der Waals surface area contributed by atoms with E-state index in [9.17, 15) is 0 Å². The van der Waals surface area contributed by atoms with Crippen molar-refractivity contribution in [3.05, 3.63) is 242 Å². The Hall–Kier alpha value is -7.68. The standard InChI is InChI=1S/C57H40N2/c1-6-19-40(20-7-1)55-47-30-16-17-31-48(47)56(41-21-8-2-9-22-41)52-39-46(34-35-49(52)55)59(45-28-14-5-15-29-45)54-38-36-51-53(37-33-42-23-18-32-50(54)57(42)51)58(43-24-10-3-11-25-43)44-26-12-4-13-27-44/h1-39,54H. The van der Waals surface area contributed by atoms with Crippen molar-refractivity contribution in [3.8, 4) is 22.3 Å². The average Bonchev–Trinajstić information content (AvgIpc) is 3.31. The molecule has 10 aromatic carbocycles. The fraction of sp³-hybridized carbons (Fsp3) is 0.0175. The lowest BCUT2D eigenvalue weighted by Gasteiger charge is -2.36. The monoisotopic (exact) mass is 752 g/mol. The van der Waals surface area contributed by atoms with Crippen molar-refractivity contribution in [2.45, 2.75) is 6.04 Å². The molecule has 11 rings (SSSR count). The minimum atomic E-state index is -0.0718. The van der Waals surface area contributed by atoms with Gasteiger partial charge in [-0.25, -0.2) is 0 Å². The maximum Gasteiger partial charge on any atom is 0.0785 e. The lowest BCUT2D eigenvalue weighted by Crippen LogP contribution is -2.24. The third-order valence-corrected chi connectivity index (χ3v) is 11.9. The Kier molecular flexibility index (Phi) is 8.60. The van der Waals surface area contributed by atoms with E-state index in [1.54, 1.807) is 0 Å². The molecule has 2 nitrogen and oxygen atoms in total. The summed E-state index contributed by atoms with van der Waals surface area (Å²) in [6, 6.07) is 81.4. The SMILES string of the molecule is C1=CC(N(c2ccccc2)c2ccc3c(-c4ccccc4)c4ccccc4c(-c4ccccc4)c3c2)c2cccc3ccc(N(c4ccccc4)c4ccccc4)c1c23. The van der Waals surface area contributed by atoms with Crippen LogP contribution in [0.15, 0.2) is 231 Å². The number of nitrogens with zero attached hydrogens (tertiary/aromatic N) is 2. The van der Waals surface area contributed by atoms with Crippen molar-refractivity contribution in [2.24, 2.45) is 0 Å². The maximum atomic E-state index is 2.53. The Bertz CT molecular complexity index is 3100. The first-order valence-corrected chi connectivity index (χ1v) is 20.4. The number of para-hydroxylation sites is 3. The second-order valence-electron chi connectivity index (χ2n) is 15.2. The van der Waals surface area contributed by atoms with Gasteiger partial charge < -0.3 is 9.80 Å². The van der Waals surface area contributed by atoms with E-state index in [1.807, 2.05) is 0 Å². The van der Waals surface area contributed by atoms with E-state index in [1.165, 1.54) is 65.7 Å². The predicted molar refractivity (Wildman–Crippen MR) is 251 cm³/mol. The van der Waals surface area contributed by atoms with Crippen molar-refractivity contribution in [1.29, 1.82) is 0 Å². The first-order valence-electron chi connectivity index (χ1n) is 20.4. The number of anilines is 5. The van der Waals surface area contributed by atoms with Crippen LogP contribution in [0.4, 0.5) is 28.4 Å². The van der Waals surface area contributed by atoms with E-state index < -0.39 is 0 Å². The molecule has 59 heavy (non-hydrogen) atoms. The number of fused-ring (bicyclic) bond motifs is 2. The topological polar surface area (TPSA) is 6.48 Å². The molecule has 2 heteroatoms. The molecule has 0 heterocycles. The summed E-state index contributed by atoms with van der Waals surface area (Å²) in [5.74, 6) is 0. The quantitative estimate of drug-likeness (QED) is 0.143. The van der Waals surface area contributed by atoms with Crippen LogP contribution in [0.3, 0.4) is 0 Å². The molecule has 0 bridgehead atoms. The molecular weight excluding hydrogens is 713 g/mol. The summed E-state index contributed by atoms with van der Waals surface area (Å²) in [5, 5.41) is 7.48. The van der Waals surface area contributed by atoms with E-state index >= 15 is 0 Å². The summed E-state index contributed by atoms with van der Waals surface area (Å²) in [5.41, 5.74) is 13.1. The fourth-order valence-electron chi connectivity index (χ4n) is 9.34. The zero-order valence-corrected chi connectivity index (χ0v) is 32.5. The predicted octanol–water partition coefficient (Wildman–Crippen LogP) is 15.9. The van der Waals surface area contributed by atoms with Gasteiger partial charge in [-0.1, -0.05) is 182 Å². The molecule has 1 unspecified atom stereocenters. The van der Waals surface area contributed by atoms with Gasteiger partial charge in [-0.2, -0.15) is 0 Å². The highest BCUT2D eigenvalue weighted by molar-refractivity contribution is 6.22. The van der Waals surface area contributed by atoms with Crippen LogP contribution in [0.25, 0.3) is 60.6 Å². The minimum absolute atomic E-state index is 0.0718. The number of hydrogen-bond donors (Lipinski definition) is 0. The largest absolute Gasteiger partial charge is 0.330 e. The van der Waals surface area contributed by atoms with Crippen LogP contribution in [0.1, 0.15) is 17.2 Å². The Morgan fingerprint density at radius 3 is 1.46 bits per heavy atom. The van der Waals surface area contributed by atoms with Gasteiger partial charge in [0.05, 0.1) is 11.7 Å². The van der Waals surface area contributed by atoms with Crippen LogP contribution in [-0.4, -0.2) is 0 Å². The summed E-state index contributed by atoms with van der Waals surface area (Å²) < 4.78 is 0. The number of hydrogen-bond acceptors (Lipinski definition) is 2. The van der Waals surface area contributed by atoms with E-state index in [2.05, 4.69) is 246 Å². The zero-order valence-electron chi connectivity index (χ0n) is 32.5. The third-order valence-electron chi connectivity index (χ3n) is 11.9. The summed E-state index contributed by atoms with van der Waals surface area (Å²) in [6.45, 7) is 0. The van der Waals surface area contributed by atoms with Crippen LogP contribution in [0.5, 0.6) is 0 Å². The van der Waals surface area contributed by atoms with Crippen LogP contribution >= 0.6 is 0 Å². The van der Waals surface area contributed by atoms with Gasteiger partial charge in [0, 0.05) is 28.3 Å². The lowest BCUT2D eigenvalue weighted by atomic mass is 9.85. The normalized spacial score (nSPS) is 13.2. The van der Waals surface area contributed by atoms with Gasteiger partial charge in [0.2, 0.25) is 0 Å². The molecule has 1 aliphatic rings. The smallest absolute Gasteiger partial charge is 0.0785 e. The molecule has 0 fully saturated rings.